The van der Waals surface area contributed by atoms with Crippen LogP contribution in [0.3, 0.4) is 0 Å². The quantitative estimate of drug-likeness (QED) is 0.0965. The molecule has 0 amide bonds. The minimum Gasteiger partial charge on any atom is -0.435 e. The molecule has 1 N–H and O–H groups in total. The van der Waals surface area contributed by atoms with Gasteiger partial charge in [-0.3, -0.25) is 4.90 Å². The smallest absolute Gasteiger partial charge is 0.435 e. The van der Waals surface area contributed by atoms with Gasteiger partial charge in [0.1, 0.15) is 25.3 Å². The summed E-state index contributed by atoms with van der Waals surface area (Å²) in [6, 6.07) is 0.0579. The molecule has 0 saturated carbocycles. The van der Waals surface area contributed by atoms with E-state index >= 15 is 0 Å². The van der Waals surface area contributed by atoms with Crippen molar-refractivity contribution in [2.45, 2.75) is 168 Å². The number of aldehydes is 2. The van der Waals surface area contributed by atoms with E-state index < -0.39 is 54.5 Å². The Morgan fingerprint density at radius 3 is 2.25 bits per heavy atom. The van der Waals surface area contributed by atoms with Crippen molar-refractivity contribution >= 4 is 18.7 Å². The summed E-state index contributed by atoms with van der Waals surface area (Å²) < 4.78 is 48.1. The fraction of sp³-hybridized carbons (Fsp3) is 0.927. The lowest BCUT2D eigenvalue weighted by molar-refractivity contribution is -0.291. The largest absolute Gasteiger partial charge is 0.508 e. The molecule has 2 aliphatic heterocycles. The van der Waals surface area contributed by atoms with Gasteiger partial charge in [-0.25, -0.2) is 4.79 Å². The minimum atomic E-state index is -1.39. The minimum absolute atomic E-state index is 0.00421. The van der Waals surface area contributed by atoms with Crippen LogP contribution in [0.25, 0.3) is 0 Å². The van der Waals surface area contributed by atoms with Crippen molar-refractivity contribution in [2.75, 3.05) is 54.6 Å². The van der Waals surface area contributed by atoms with Gasteiger partial charge in [-0.05, 0) is 80.4 Å². The van der Waals surface area contributed by atoms with Gasteiger partial charge in [0, 0.05) is 63.4 Å². The summed E-state index contributed by atoms with van der Waals surface area (Å²) in [6.07, 6.45) is 0.794. The zero-order valence-corrected chi connectivity index (χ0v) is 36.1. The zero-order valence-electron chi connectivity index (χ0n) is 36.1. The standard InChI is InChI=1S/C41H76N2O12/c1-14-32-21-35(52-31(8)38(32)50-19-17-44)54-37(27(4)25-45)29(6)39(55-36-22-33(42(10)11)20-28(5)51-36)41(9,47)23-26(3)24-43(12)30(7)34(16-18-48-13)53-40(46)49-15-2/h17,25-39,47H,14-16,18-24H2,1-13H3/t26-,27?,28?,29+,30?,31?,32?,33?,34-,35+,36?,37-,38+,39-,41-/m1/s1. The maximum atomic E-state index is 12.6. The summed E-state index contributed by atoms with van der Waals surface area (Å²) in [7, 11) is 7.67. The van der Waals surface area contributed by atoms with E-state index in [9.17, 15) is 19.5 Å². The lowest BCUT2D eigenvalue weighted by atomic mass is 9.78. The van der Waals surface area contributed by atoms with Crippen LogP contribution in [0.1, 0.15) is 101 Å². The average Bonchev–Trinajstić information content (AvgIpc) is 3.12. The molecule has 55 heavy (non-hydrogen) atoms. The van der Waals surface area contributed by atoms with Gasteiger partial charge < -0.3 is 57.5 Å². The highest BCUT2D eigenvalue weighted by Crippen LogP contribution is 2.38. The van der Waals surface area contributed by atoms with Crippen molar-refractivity contribution in [3.05, 3.63) is 0 Å². The molecular weight excluding hydrogens is 712 g/mol. The number of ether oxygens (including phenoxy) is 8. The van der Waals surface area contributed by atoms with E-state index in [2.05, 4.69) is 23.6 Å². The van der Waals surface area contributed by atoms with E-state index in [0.29, 0.717) is 38.8 Å². The molecule has 2 heterocycles. The maximum Gasteiger partial charge on any atom is 0.508 e. The fourth-order valence-corrected chi connectivity index (χ4v) is 8.51. The monoisotopic (exact) mass is 789 g/mol. The van der Waals surface area contributed by atoms with Gasteiger partial charge >= 0.3 is 6.16 Å². The summed E-state index contributed by atoms with van der Waals surface area (Å²) >= 11 is 0. The summed E-state index contributed by atoms with van der Waals surface area (Å²) in [6.45, 7) is 18.6. The van der Waals surface area contributed by atoms with Gasteiger partial charge in [0.15, 0.2) is 12.6 Å². The molecule has 0 spiro atoms. The third-order valence-corrected chi connectivity index (χ3v) is 11.5. The number of methoxy groups -OCH3 is 1. The zero-order chi connectivity index (χ0) is 41.5. The van der Waals surface area contributed by atoms with Crippen LogP contribution in [0.2, 0.25) is 0 Å². The first-order valence-corrected chi connectivity index (χ1v) is 20.5. The normalized spacial score (nSPS) is 29.7. The maximum absolute atomic E-state index is 12.6. The van der Waals surface area contributed by atoms with Crippen LogP contribution >= 0.6 is 0 Å². The Kier molecular flexibility index (Phi) is 21.8. The van der Waals surface area contributed by atoms with Crippen LogP contribution in [-0.4, -0.2) is 155 Å². The first-order valence-electron chi connectivity index (χ1n) is 20.5. The van der Waals surface area contributed by atoms with Gasteiger partial charge in [-0.2, -0.15) is 0 Å². The fourth-order valence-electron chi connectivity index (χ4n) is 8.51. The molecule has 2 saturated heterocycles. The van der Waals surface area contributed by atoms with Crippen molar-refractivity contribution in [1.29, 1.82) is 0 Å². The second-order valence-corrected chi connectivity index (χ2v) is 16.6. The SMILES string of the molecule is CCOC(=O)O[C@H](CCOC)C(C)N(C)C[C@H](C)C[C@@](C)(O)[C@H](OC1CC(N(C)C)CC(C)O1)[C@@H](C)[C@H](O[C@H]1CC(CC)[C@@H](OCC=O)C(C)O1)C(C)C=O. The van der Waals surface area contributed by atoms with Crippen molar-refractivity contribution in [3.8, 4) is 0 Å². The molecule has 0 bridgehead atoms. The Hall–Kier alpha value is -1.75. The van der Waals surface area contributed by atoms with E-state index in [1.54, 1.807) is 21.0 Å². The van der Waals surface area contributed by atoms with Gasteiger partial charge in [0.25, 0.3) is 0 Å². The lowest BCUT2D eigenvalue weighted by Crippen LogP contribution is -2.56. The molecule has 2 fully saturated rings. The summed E-state index contributed by atoms with van der Waals surface area (Å²) in [5.74, 6) is -0.972. The number of aliphatic hydroxyl groups is 1. The van der Waals surface area contributed by atoms with Crippen LogP contribution in [0.4, 0.5) is 4.79 Å². The molecule has 0 radical (unpaired) electrons. The highest BCUT2D eigenvalue weighted by atomic mass is 16.7. The number of rotatable bonds is 25. The first kappa shape index (κ1) is 49.4. The van der Waals surface area contributed by atoms with E-state index in [4.69, 9.17) is 37.9 Å². The number of likely N-dealkylation sites (N-methyl/N-ethyl adjacent to an activating group) is 1. The van der Waals surface area contributed by atoms with Crippen molar-refractivity contribution in [3.63, 3.8) is 0 Å². The van der Waals surface area contributed by atoms with Crippen LogP contribution < -0.4 is 0 Å². The number of carbonyl (C=O) groups is 3. The molecule has 0 aromatic rings. The second kappa shape index (κ2) is 24.2. The second-order valence-electron chi connectivity index (χ2n) is 16.6. The van der Waals surface area contributed by atoms with Crippen molar-refractivity contribution in [1.82, 2.24) is 9.80 Å². The Labute approximate surface area is 331 Å². The summed E-state index contributed by atoms with van der Waals surface area (Å²) in [5, 5.41) is 12.6. The third-order valence-electron chi connectivity index (χ3n) is 11.5. The van der Waals surface area contributed by atoms with Crippen molar-refractivity contribution in [2.24, 2.45) is 23.7 Å². The van der Waals surface area contributed by atoms with Crippen LogP contribution in [0, 0.1) is 23.7 Å². The van der Waals surface area contributed by atoms with Gasteiger partial charge in [0.05, 0.1) is 42.7 Å². The molecule has 0 aliphatic carbocycles. The Morgan fingerprint density at radius 1 is 1.00 bits per heavy atom. The summed E-state index contributed by atoms with van der Waals surface area (Å²) in [5.41, 5.74) is -1.39. The molecular formula is C41H76N2O12. The Balaban J connectivity index is 2.39. The van der Waals surface area contributed by atoms with E-state index in [-0.39, 0.29) is 55.4 Å². The Morgan fingerprint density at radius 2 is 1.67 bits per heavy atom. The van der Waals surface area contributed by atoms with Crippen LogP contribution in [0.5, 0.6) is 0 Å². The van der Waals surface area contributed by atoms with Gasteiger partial charge in [-0.1, -0.05) is 34.1 Å². The molecule has 0 aromatic heterocycles. The van der Waals surface area contributed by atoms with E-state index in [0.717, 1.165) is 25.4 Å². The Bertz CT molecular complexity index is 1110. The van der Waals surface area contributed by atoms with Gasteiger partial charge in [-0.15, -0.1) is 0 Å². The number of hydrogen-bond donors (Lipinski definition) is 1. The third kappa shape index (κ3) is 15.5. The molecule has 2 aliphatic rings. The van der Waals surface area contributed by atoms with E-state index in [1.165, 1.54) is 0 Å². The predicted molar refractivity (Wildman–Crippen MR) is 209 cm³/mol. The number of nitrogens with zero attached hydrogens (tertiary/aromatic N) is 2. The molecule has 322 valence electrons. The van der Waals surface area contributed by atoms with E-state index in [1.807, 2.05) is 55.8 Å². The predicted octanol–water partition coefficient (Wildman–Crippen LogP) is 5.10. The number of hydrogen-bond acceptors (Lipinski definition) is 14. The van der Waals surface area contributed by atoms with Crippen LogP contribution in [0.15, 0.2) is 0 Å². The number of carbonyl (C=O) groups excluding carboxylic acids is 3. The lowest BCUT2D eigenvalue weighted by Gasteiger charge is -2.47. The average molecular weight is 789 g/mol. The highest BCUT2D eigenvalue weighted by Gasteiger charge is 2.47. The highest BCUT2D eigenvalue weighted by molar-refractivity contribution is 5.60. The molecule has 0 aromatic carbocycles. The molecule has 14 nitrogen and oxygen atoms in total. The molecule has 15 atom stereocenters. The molecule has 14 heteroatoms. The summed E-state index contributed by atoms with van der Waals surface area (Å²) in [4.78, 5) is 40.1. The van der Waals surface area contributed by atoms with Crippen molar-refractivity contribution < 1.29 is 57.4 Å². The molecule has 2 rings (SSSR count). The molecule has 7 unspecified atom stereocenters. The van der Waals surface area contributed by atoms with Gasteiger partial charge in [0.2, 0.25) is 0 Å². The first-order chi connectivity index (χ1) is 25.9. The van der Waals surface area contributed by atoms with Crippen LogP contribution in [-0.2, 0) is 47.5 Å². The topological polar surface area (TPSA) is 152 Å².